The van der Waals surface area contributed by atoms with Crippen LogP contribution in [0.1, 0.15) is 22.1 Å². The number of amides is 2. The maximum Gasteiger partial charge on any atom is 0.321 e. The fraction of sp³-hybridized carbons (Fsp3) is 0.188. The predicted molar refractivity (Wildman–Crippen MR) is 86.1 cm³/mol. The fourth-order valence-electron chi connectivity index (χ4n) is 2.39. The van der Waals surface area contributed by atoms with Crippen LogP contribution < -0.4 is 5.32 Å². The number of nitrogens with one attached hydrogen (secondary N) is 1. The molecular weight excluding hydrogens is 307 g/mol. The summed E-state index contributed by atoms with van der Waals surface area (Å²) < 4.78 is 0. The minimum atomic E-state index is -0.240. The Morgan fingerprint density at radius 1 is 1.14 bits per heavy atom. The molecule has 21 heavy (non-hydrogen) atoms. The molecule has 0 spiro atoms. The number of urea groups is 1. The van der Waals surface area contributed by atoms with Gasteiger partial charge in [-0.2, -0.15) is 0 Å². The summed E-state index contributed by atoms with van der Waals surface area (Å²) in [6, 6.07) is 13.3. The second-order valence-corrected chi connectivity index (χ2v) is 5.99. The molecule has 5 heteroatoms. The molecule has 3 rings (SSSR count). The van der Waals surface area contributed by atoms with Crippen LogP contribution in [-0.4, -0.2) is 18.0 Å². The molecule has 0 saturated heterocycles. The van der Waals surface area contributed by atoms with Crippen molar-refractivity contribution in [3.8, 4) is 0 Å². The van der Waals surface area contributed by atoms with Crippen LogP contribution in [0.3, 0.4) is 0 Å². The number of rotatable bonds is 2. The predicted octanol–water partition coefficient (Wildman–Crippen LogP) is 4.65. The molecule has 108 valence electrons. The molecule has 1 atom stereocenters. The van der Waals surface area contributed by atoms with Gasteiger partial charge in [-0.15, -0.1) is 11.6 Å². The van der Waals surface area contributed by atoms with E-state index in [1.54, 1.807) is 11.9 Å². The summed E-state index contributed by atoms with van der Waals surface area (Å²) in [6.45, 7) is 0.583. The molecule has 0 aromatic heterocycles. The van der Waals surface area contributed by atoms with Crippen LogP contribution in [0.5, 0.6) is 0 Å². The number of alkyl halides is 1. The first kappa shape index (κ1) is 14.2. The quantitative estimate of drug-likeness (QED) is 0.803. The smallest absolute Gasteiger partial charge is 0.321 e. The Kier molecular flexibility index (Phi) is 3.79. The van der Waals surface area contributed by atoms with Gasteiger partial charge in [0.05, 0.1) is 5.38 Å². The van der Waals surface area contributed by atoms with Crippen molar-refractivity contribution in [2.45, 2.75) is 11.9 Å². The van der Waals surface area contributed by atoms with Gasteiger partial charge < -0.3 is 10.2 Å². The van der Waals surface area contributed by atoms with Gasteiger partial charge in [0.2, 0.25) is 0 Å². The first-order valence-electron chi connectivity index (χ1n) is 6.59. The lowest BCUT2D eigenvalue weighted by Crippen LogP contribution is -2.35. The number of hydrogen-bond donors (Lipinski definition) is 1. The minimum absolute atomic E-state index is 0.0876. The average Bonchev–Trinajstić information content (AvgIpc) is 2.48. The second kappa shape index (κ2) is 5.58. The van der Waals surface area contributed by atoms with Gasteiger partial charge in [0.1, 0.15) is 0 Å². The molecule has 1 aliphatic heterocycles. The van der Waals surface area contributed by atoms with Crippen LogP contribution in [-0.2, 0) is 6.54 Å². The fourth-order valence-corrected chi connectivity index (χ4v) is 2.79. The summed E-state index contributed by atoms with van der Waals surface area (Å²) in [5, 5.41) is 3.30. The van der Waals surface area contributed by atoms with Crippen molar-refractivity contribution >= 4 is 34.9 Å². The monoisotopic (exact) mass is 320 g/mol. The summed E-state index contributed by atoms with van der Waals surface area (Å²) >= 11 is 12.4. The van der Waals surface area contributed by atoms with E-state index in [1.807, 2.05) is 42.5 Å². The topological polar surface area (TPSA) is 32.3 Å². The zero-order valence-electron chi connectivity index (χ0n) is 11.4. The SMILES string of the molecule is CN1Cc2cc(C(Cl)c3ccc(Cl)cc3)ccc2NC1=O. The minimum Gasteiger partial charge on any atom is -0.323 e. The summed E-state index contributed by atoms with van der Waals surface area (Å²) in [4.78, 5) is 13.2. The Balaban J connectivity index is 1.91. The molecule has 3 nitrogen and oxygen atoms in total. The number of fused-ring (bicyclic) bond motifs is 1. The van der Waals surface area contributed by atoms with E-state index in [0.717, 1.165) is 22.4 Å². The molecule has 0 saturated carbocycles. The van der Waals surface area contributed by atoms with Crippen molar-refractivity contribution in [1.29, 1.82) is 0 Å². The second-order valence-electron chi connectivity index (χ2n) is 5.12. The van der Waals surface area contributed by atoms with E-state index in [0.29, 0.717) is 11.6 Å². The summed E-state index contributed by atoms with van der Waals surface area (Å²) in [6.07, 6.45) is 0. The van der Waals surface area contributed by atoms with E-state index >= 15 is 0 Å². The first-order valence-corrected chi connectivity index (χ1v) is 7.40. The van der Waals surface area contributed by atoms with Crippen molar-refractivity contribution < 1.29 is 4.79 Å². The van der Waals surface area contributed by atoms with E-state index in [-0.39, 0.29) is 11.4 Å². The highest BCUT2D eigenvalue weighted by Crippen LogP contribution is 2.33. The van der Waals surface area contributed by atoms with Crippen molar-refractivity contribution in [3.05, 3.63) is 64.2 Å². The molecule has 2 aromatic rings. The lowest BCUT2D eigenvalue weighted by molar-refractivity contribution is 0.218. The number of carbonyl (C=O) groups is 1. The molecule has 1 aliphatic rings. The van der Waals surface area contributed by atoms with Crippen LogP contribution in [0.4, 0.5) is 10.5 Å². The Morgan fingerprint density at radius 2 is 1.81 bits per heavy atom. The van der Waals surface area contributed by atoms with Crippen LogP contribution in [0, 0.1) is 0 Å². The molecule has 0 fully saturated rings. The number of carbonyl (C=O) groups excluding carboxylic acids is 1. The maximum atomic E-state index is 11.6. The molecule has 1 N–H and O–H groups in total. The highest BCUT2D eigenvalue weighted by Gasteiger charge is 2.21. The Hall–Kier alpha value is -1.71. The molecule has 1 heterocycles. The van der Waals surface area contributed by atoms with Crippen molar-refractivity contribution in [1.82, 2.24) is 4.90 Å². The van der Waals surface area contributed by atoms with Gasteiger partial charge in [0.15, 0.2) is 0 Å². The van der Waals surface area contributed by atoms with E-state index in [9.17, 15) is 4.79 Å². The number of hydrogen-bond acceptors (Lipinski definition) is 1. The van der Waals surface area contributed by atoms with E-state index < -0.39 is 0 Å². The Labute approximate surface area is 133 Å². The van der Waals surface area contributed by atoms with Crippen LogP contribution in [0.2, 0.25) is 5.02 Å². The molecule has 0 bridgehead atoms. The molecule has 1 unspecified atom stereocenters. The normalized spacial score (nSPS) is 15.4. The third-order valence-electron chi connectivity index (χ3n) is 3.58. The standard InChI is InChI=1S/C16H14Cl2N2O/c1-20-9-12-8-11(4-7-14(12)19-16(20)21)15(18)10-2-5-13(17)6-3-10/h2-8,15H,9H2,1H3,(H,19,21). The van der Waals surface area contributed by atoms with E-state index in [1.165, 1.54) is 0 Å². The third-order valence-corrected chi connectivity index (χ3v) is 4.34. The van der Waals surface area contributed by atoms with Gasteiger partial charge in [-0.05, 0) is 34.9 Å². The van der Waals surface area contributed by atoms with Gasteiger partial charge in [-0.25, -0.2) is 4.79 Å². The maximum absolute atomic E-state index is 11.6. The summed E-state index contributed by atoms with van der Waals surface area (Å²) in [5.74, 6) is 0. The molecule has 0 radical (unpaired) electrons. The van der Waals surface area contributed by atoms with Crippen molar-refractivity contribution in [3.63, 3.8) is 0 Å². The first-order chi connectivity index (χ1) is 10.0. The van der Waals surface area contributed by atoms with Crippen molar-refractivity contribution in [2.75, 3.05) is 12.4 Å². The lowest BCUT2D eigenvalue weighted by Gasteiger charge is -2.26. The number of anilines is 1. The largest absolute Gasteiger partial charge is 0.323 e. The van der Waals surface area contributed by atoms with E-state index in [4.69, 9.17) is 23.2 Å². The van der Waals surface area contributed by atoms with Gasteiger partial charge in [-0.1, -0.05) is 35.9 Å². The van der Waals surface area contributed by atoms with Gasteiger partial charge in [-0.3, -0.25) is 0 Å². The highest BCUT2D eigenvalue weighted by atomic mass is 35.5. The molecule has 2 amide bonds. The van der Waals surface area contributed by atoms with Crippen LogP contribution in [0.15, 0.2) is 42.5 Å². The number of halogens is 2. The molecular formula is C16H14Cl2N2O. The average molecular weight is 321 g/mol. The van der Waals surface area contributed by atoms with Crippen molar-refractivity contribution in [2.24, 2.45) is 0 Å². The zero-order chi connectivity index (χ0) is 15.0. The molecule has 2 aromatic carbocycles. The zero-order valence-corrected chi connectivity index (χ0v) is 12.9. The molecule has 0 aliphatic carbocycles. The van der Waals surface area contributed by atoms with E-state index in [2.05, 4.69) is 5.32 Å². The van der Waals surface area contributed by atoms with Gasteiger partial charge in [0.25, 0.3) is 0 Å². The van der Waals surface area contributed by atoms with Crippen LogP contribution >= 0.6 is 23.2 Å². The van der Waals surface area contributed by atoms with Gasteiger partial charge >= 0.3 is 6.03 Å². The lowest BCUT2D eigenvalue weighted by atomic mass is 10.00. The third kappa shape index (κ3) is 2.85. The summed E-state index contributed by atoms with van der Waals surface area (Å²) in [7, 11) is 1.77. The summed E-state index contributed by atoms with van der Waals surface area (Å²) in [5.41, 5.74) is 3.91. The Morgan fingerprint density at radius 3 is 2.52 bits per heavy atom. The number of benzene rings is 2. The highest BCUT2D eigenvalue weighted by molar-refractivity contribution is 6.30. The Bertz CT molecular complexity index is 685. The van der Waals surface area contributed by atoms with Crippen LogP contribution in [0.25, 0.3) is 0 Å². The number of nitrogens with zero attached hydrogens (tertiary/aromatic N) is 1. The van der Waals surface area contributed by atoms with Gasteiger partial charge in [0, 0.05) is 24.3 Å².